The second-order valence-corrected chi connectivity index (χ2v) is 9.93. The Morgan fingerprint density at radius 3 is 2.53 bits per heavy atom. The van der Waals surface area contributed by atoms with E-state index in [-0.39, 0.29) is 17.1 Å². The van der Waals surface area contributed by atoms with E-state index in [1.54, 1.807) is 19.4 Å². The van der Waals surface area contributed by atoms with E-state index in [2.05, 4.69) is 45.4 Å². The molecular formula is C25H26BrN3O3. The molecule has 2 aliphatic rings. The number of hydrogen-bond donors (Lipinski definition) is 2. The number of pyridine rings is 1. The van der Waals surface area contributed by atoms with Gasteiger partial charge in [-0.15, -0.1) is 0 Å². The van der Waals surface area contributed by atoms with Crippen molar-refractivity contribution in [2.75, 3.05) is 12.4 Å². The lowest BCUT2D eigenvalue weighted by molar-refractivity contribution is -0.118. The summed E-state index contributed by atoms with van der Waals surface area (Å²) in [4.78, 5) is 31.0. The first-order valence-electron chi connectivity index (χ1n) is 10.5. The second-order valence-electron chi connectivity index (χ2n) is 9.02. The fourth-order valence-electron chi connectivity index (χ4n) is 4.50. The fraction of sp³-hybridized carbons (Fsp3) is 0.320. The highest BCUT2D eigenvalue weighted by Gasteiger charge is 2.42. The van der Waals surface area contributed by atoms with E-state index in [4.69, 9.17) is 4.74 Å². The standard InChI is InChI=1S/C25H26BrN3O3/c1-14-21(24(31)29-20-10-7-16(26)13-27-20)22(15-5-8-17(32-4)9-6-15)23-18(28-14)11-25(2,3)12-19(23)30/h5-10,13,22,28H,11-12H2,1-4H3,(H,27,29,31)/t22-/m0/s1. The minimum absolute atomic E-state index is 0.0733. The number of allylic oxidation sites excluding steroid dienone is 3. The van der Waals surface area contributed by atoms with Gasteiger partial charge in [0, 0.05) is 45.5 Å². The fourth-order valence-corrected chi connectivity index (χ4v) is 4.73. The predicted octanol–water partition coefficient (Wildman–Crippen LogP) is 5.10. The van der Waals surface area contributed by atoms with E-state index in [1.165, 1.54) is 0 Å². The smallest absolute Gasteiger partial charge is 0.255 e. The number of halogens is 1. The zero-order valence-electron chi connectivity index (χ0n) is 18.6. The van der Waals surface area contributed by atoms with Gasteiger partial charge in [-0.2, -0.15) is 0 Å². The van der Waals surface area contributed by atoms with Gasteiger partial charge in [0.05, 0.1) is 7.11 Å². The molecule has 4 rings (SSSR count). The van der Waals surface area contributed by atoms with Gasteiger partial charge >= 0.3 is 0 Å². The van der Waals surface area contributed by atoms with Gasteiger partial charge < -0.3 is 15.4 Å². The van der Waals surface area contributed by atoms with E-state index in [0.717, 1.165) is 33.6 Å². The number of dihydropyridines is 1. The summed E-state index contributed by atoms with van der Waals surface area (Å²) in [5.74, 6) is 0.497. The molecule has 0 saturated heterocycles. The molecule has 0 unspecified atom stereocenters. The van der Waals surface area contributed by atoms with Gasteiger partial charge in [-0.1, -0.05) is 26.0 Å². The number of Topliss-reactive ketones (excluding diaryl/α,β-unsaturated/α-hetero) is 1. The highest BCUT2D eigenvalue weighted by Crippen LogP contribution is 2.46. The van der Waals surface area contributed by atoms with Gasteiger partial charge in [-0.05, 0) is 64.5 Å². The molecule has 1 aromatic carbocycles. The van der Waals surface area contributed by atoms with Crippen LogP contribution >= 0.6 is 15.9 Å². The number of carbonyl (C=O) groups is 2. The van der Waals surface area contributed by atoms with Crippen LogP contribution in [0.25, 0.3) is 0 Å². The number of rotatable bonds is 4. The molecule has 7 heteroatoms. The monoisotopic (exact) mass is 495 g/mol. The molecule has 1 amide bonds. The first-order chi connectivity index (χ1) is 15.2. The molecule has 0 fully saturated rings. The third-order valence-corrected chi connectivity index (χ3v) is 6.37. The average molecular weight is 496 g/mol. The molecule has 2 aromatic rings. The molecule has 32 heavy (non-hydrogen) atoms. The van der Waals surface area contributed by atoms with Crippen LogP contribution in [0.1, 0.15) is 45.1 Å². The third-order valence-electron chi connectivity index (χ3n) is 5.90. The van der Waals surface area contributed by atoms with Crippen LogP contribution in [-0.2, 0) is 9.59 Å². The number of hydrogen-bond acceptors (Lipinski definition) is 5. The zero-order chi connectivity index (χ0) is 23.0. The Labute approximate surface area is 196 Å². The third kappa shape index (κ3) is 4.35. The molecular weight excluding hydrogens is 470 g/mol. The predicted molar refractivity (Wildman–Crippen MR) is 127 cm³/mol. The molecule has 2 N–H and O–H groups in total. The molecule has 166 valence electrons. The number of amides is 1. The number of ether oxygens (including phenoxy) is 1. The van der Waals surface area contributed by atoms with Crippen molar-refractivity contribution in [3.63, 3.8) is 0 Å². The van der Waals surface area contributed by atoms with Crippen LogP contribution in [0.4, 0.5) is 5.82 Å². The number of methoxy groups -OCH3 is 1. The maximum Gasteiger partial charge on any atom is 0.255 e. The normalized spacial score (nSPS) is 19.9. The lowest BCUT2D eigenvalue weighted by Gasteiger charge is -2.39. The lowest BCUT2D eigenvalue weighted by atomic mass is 9.68. The number of aromatic nitrogens is 1. The summed E-state index contributed by atoms with van der Waals surface area (Å²) in [6, 6.07) is 11.1. The molecule has 0 radical (unpaired) electrons. The van der Waals surface area contributed by atoms with Gasteiger partial charge in [-0.25, -0.2) is 4.98 Å². The summed E-state index contributed by atoms with van der Waals surface area (Å²) in [6.07, 6.45) is 2.83. The molecule has 0 bridgehead atoms. The van der Waals surface area contributed by atoms with Crippen LogP contribution in [0.15, 0.2) is 69.6 Å². The number of carbonyl (C=O) groups excluding carboxylic acids is 2. The largest absolute Gasteiger partial charge is 0.497 e. The van der Waals surface area contributed by atoms with Gasteiger partial charge in [-0.3, -0.25) is 9.59 Å². The highest BCUT2D eigenvalue weighted by atomic mass is 79.9. The van der Waals surface area contributed by atoms with Crippen LogP contribution in [0, 0.1) is 5.41 Å². The van der Waals surface area contributed by atoms with Crippen molar-refractivity contribution in [3.05, 3.63) is 75.2 Å². The maximum absolute atomic E-state index is 13.5. The van der Waals surface area contributed by atoms with E-state index < -0.39 is 5.92 Å². The SMILES string of the molecule is COc1ccc([C@H]2C(C(=O)Nc3ccc(Br)cn3)=C(C)NC3=C2C(=O)CC(C)(C)C3)cc1. The van der Waals surface area contributed by atoms with E-state index in [0.29, 0.717) is 23.4 Å². The summed E-state index contributed by atoms with van der Waals surface area (Å²) in [7, 11) is 1.61. The molecule has 6 nitrogen and oxygen atoms in total. The zero-order valence-corrected chi connectivity index (χ0v) is 20.2. The highest BCUT2D eigenvalue weighted by molar-refractivity contribution is 9.10. The first kappa shape index (κ1) is 22.3. The minimum atomic E-state index is -0.462. The molecule has 2 heterocycles. The number of nitrogens with zero attached hydrogens (tertiary/aromatic N) is 1. The topological polar surface area (TPSA) is 80.3 Å². The van der Waals surface area contributed by atoms with Gasteiger partial charge in [0.15, 0.2) is 5.78 Å². The Kier molecular flexibility index (Phi) is 5.95. The molecule has 1 aromatic heterocycles. The van der Waals surface area contributed by atoms with Gasteiger partial charge in [0.25, 0.3) is 5.91 Å². The van der Waals surface area contributed by atoms with Crippen molar-refractivity contribution in [2.45, 2.75) is 39.5 Å². The number of anilines is 1. The van der Waals surface area contributed by atoms with Crippen LogP contribution in [0.5, 0.6) is 5.75 Å². The Morgan fingerprint density at radius 1 is 1.19 bits per heavy atom. The van der Waals surface area contributed by atoms with E-state index in [9.17, 15) is 9.59 Å². The molecule has 0 saturated carbocycles. The van der Waals surface area contributed by atoms with Crippen molar-refractivity contribution in [2.24, 2.45) is 5.41 Å². The molecule has 0 spiro atoms. The first-order valence-corrected chi connectivity index (χ1v) is 11.3. The molecule has 1 atom stereocenters. The summed E-state index contributed by atoms with van der Waals surface area (Å²) in [5.41, 5.74) is 3.59. The Morgan fingerprint density at radius 2 is 1.91 bits per heavy atom. The van der Waals surface area contributed by atoms with Gasteiger partial charge in [0.1, 0.15) is 11.6 Å². The lowest BCUT2D eigenvalue weighted by Crippen LogP contribution is -2.39. The molecule has 1 aliphatic carbocycles. The van der Waals surface area contributed by atoms with Crippen molar-refractivity contribution >= 4 is 33.4 Å². The Balaban J connectivity index is 1.79. The van der Waals surface area contributed by atoms with Crippen LogP contribution < -0.4 is 15.4 Å². The number of benzene rings is 1. The van der Waals surface area contributed by atoms with Crippen LogP contribution in [-0.4, -0.2) is 23.8 Å². The van der Waals surface area contributed by atoms with E-state index in [1.807, 2.05) is 37.3 Å². The summed E-state index contributed by atoms with van der Waals surface area (Å²) in [5, 5.41) is 6.27. The Hall–Kier alpha value is -2.93. The van der Waals surface area contributed by atoms with Crippen molar-refractivity contribution in [1.29, 1.82) is 0 Å². The summed E-state index contributed by atoms with van der Waals surface area (Å²) >= 11 is 3.36. The van der Waals surface area contributed by atoms with Crippen molar-refractivity contribution < 1.29 is 14.3 Å². The van der Waals surface area contributed by atoms with E-state index >= 15 is 0 Å². The van der Waals surface area contributed by atoms with Crippen molar-refractivity contribution in [1.82, 2.24) is 10.3 Å². The van der Waals surface area contributed by atoms with Crippen LogP contribution in [0.2, 0.25) is 0 Å². The second kappa shape index (κ2) is 8.54. The minimum Gasteiger partial charge on any atom is -0.497 e. The number of ketones is 1. The van der Waals surface area contributed by atoms with Gasteiger partial charge in [0.2, 0.25) is 0 Å². The summed E-state index contributed by atoms with van der Waals surface area (Å²) < 4.78 is 6.13. The quantitative estimate of drug-likeness (QED) is 0.616. The van der Waals surface area contributed by atoms with Crippen molar-refractivity contribution in [3.8, 4) is 5.75 Å². The number of nitrogens with one attached hydrogen (secondary N) is 2. The maximum atomic E-state index is 13.5. The molecule has 1 aliphatic heterocycles. The average Bonchev–Trinajstić information content (AvgIpc) is 2.73. The Bertz CT molecular complexity index is 1130. The van der Waals surface area contributed by atoms with Crippen LogP contribution in [0.3, 0.4) is 0 Å². The summed E-state index contributed by atoms with van der Waals surface area (Å²) in [6.45, 7) is 6.08.